The van der Waals surface area contributed by atoms with Crippen molar-refractivity contribution in [3.63, 3.8) is 0 Å². The molecule has 2 rings (SSSR count). The highest BCUT2D eigenvalue weighted by Crippen LogP contribution is 2.15. The molecule has 0 heterocycles. The second-order valence-corrected chi connectivity index (χ2v) is 5.62. The number of halogens is 1. The molecular weight excluding hydrogens is 278 g/mol. The number of carbonyl (C=O) groups excluding carboxylic acids is 1. The predicted molar refractivity (Wildman–Crippen MR) is 74.7 cm³/mol. The van der Waals surface area contributed by atoms with Crippen molar-refractivity contribution in [2.75, 3.05) is 6.54 Å². The van der Waals surface area contributed by atoms with Gasteiger partial charge in [-0.1, -0.05) is 53.2 Å². The Kier molecular flexibility index (Phi) is 3.79. The number of nitrogens with one attached hydrogen (secondary N) is 1. The lowest BCUT2D eigenvalue weighted by atomic mass is 10.1. The summed E-state index contributed by atoms with van der Waals surface area (Å²) in [4.78, 5) is 12.1. The van der Waals surface area contributed by atoms with Gasteiger partial charge in [-0.05, 0) is 22.9 Å². The summed E-state index contributed by atoms with van der Waals surface area (Å²) < 4.78 is 0. The quantitative estimate of drug-likeness (QED) is 0.864. The lowest BCUT2D eigenvalue weighted by molar-refractivity contribution is 0.0954. The van der Waals surface area contributed by atoms with E-state index in [0.29, 0.717) is 12.1 Å². The Morgan fingerprint density at radius 3 is 2.65 bits per heavy atom. The third-order valence-corrected chi connectivity index (χ3v) is 2.88. The molecule has 0 spiro atoms. The van der Waals surface area contributed by atoms with E-state index in [4.69, 9.17) is 0 Å². The summed E-state index contributed by atoms with van der Waals surface area (Å²) in [6.07, 6.45) is 0. The van der Waals surface area contributed by atoms with Crippen molar-refractivity contribution >= 4 is 32.6 Å². The first kappa shape index (κ1) is 12.1. The first-order chi connectivity index (χ1) is 8.16. The smallest absolute Gasteiger partial charge is 0.251 e. The molecule has 2 nitrogen and oxygen atoms in total. The molecule has 1 amide bonds. The van der Waals surface area contributed by atoms with E-state index < -0.39 is 0 Å². The molecule has 88 valence electrons. The van der Waals surface area contributed by atoms with Crippen LogP contribution in [0, 0.1) is 0 Å². The maximum Gasteiger partial charge on any atom is 0.251 e. The van der Waals surface area contributed by atoms with Crippen molar-refractivity contribution in [2.24, 2.45) is 0 Å². The molecule has 1 unspecified atom stereocenters. The van der Waals surface area contributed by atoms with Gasteiger partial charge in [-0.2, -0.15) is 0 Å². The number of hydrogen-bond donors (Lipinski definition) is 1. The minimum absolute atomic E-state index is 0.0259. The fourth-order valence-electron chi connectivity index (χ4n) is 1.67. The highest BCUT2D eigenvalue weighted by atomic mass is 79.9. The molecule has 0 bridgehead atoms. The second-order valence-electron chi connectivity index (χ2n) is 4.05. The number of alkyl halides is 1. The average molecular weight is 292 g/mol. The van der Waals surface area contributed by atoms with E-state index in [0.717, 1.165) is 10.8 Å². The molecule has 0 aliphatic rings. The molecule has 2 aromatic carbocycles. The van der Waals surface area contributed by atoms with Crippen LogP contribution < -0.4 is 5.32 Å². The third kappa shape index (κ3) is 3.07. The number of carbonyl (C=O) groups is 1. The van der Waals surface area contributed by atoms with Gasteiger partial charge in [0.15, 0.2) is 0 Å². The van der Waals surface area contributed by atoms with E-state index in [9.17, 15) is 4.79 Å². The molecule has 3 heteroatoms. The van der Waals surface area contributed by atoms with Crippen LogP contribution in [0.5, 0.6) is 0 Å². The zero-order valence-electron chi connectivity index (χ0n) is 9.61. The first-order valence-corrected chi connectivity index (χ1v) is 6.49. The minimum atomic E-state index is -0.0259. The van der Waals surface area contributed by atoms with Crippen molar-refractivity contribution in [3.05, 3.63) is 48.0 Å². The van der Waals surface area contributed by atoms with E-state index in [1.165, 1.54) is 0 Å². The van der Waals surface area contributed by atoms with E-state index in [-0.39, 0.29) is 10.7 Å². The fraction of sp³-hybridized carbons (Fsp3) is 0.214. The Morgan fingerprint density at radius 2 is 1.94 bits per heavy atom. The van der Waals surface area contributed by atoms with Gasteiger partial charge in [0, 0.05) is 16.9 Å². The monoisotopic (exact) mass is 291 g/mol. The van der Waals surface area contributed by atoms with Gasteiger partial charge in [0.05, 0.1) is 0 Å². The number of rotatable bonds is 3. The average Bonchev–Trinajstić information content (AvgIpc) is 2.35. The van der Waals surface area contributed by atoms with Crippen LogP contribution in [-0.4, -0.2) is 17.3 Å². The van der Waals surface area contributed by atoms with E-state index in [1.54, 1.807) is 0 Å². The Labute approximate surface area is 109 Å². The largest absolute Gasteiger partial charge is 0.351 e. The highest BCUT2D eigenvalue weighted by Gasteiger charge is 2.06. The van der Waals surface area contributed by atoms with Gasteiger partial charge >= 0.3 is 0 Å². The topological polar surface area (TPSA) is 29.1 Å². The van der Waals surface area contributed by atoms with Crippen LogP contribution in [0.15, 0.2) is 42.5 Å². The maximum atomic E-state index is 11.9. The number of fused-ring (bicyclic) bond motifs is 1. The Morgan fingerprint density at radius 1 is 1.24 bits per heavy atom. The van der Waals surface area contributed by atoms with Crippen LogP contribution in [-0.2, 0) is 0 Å². The van der Waals surface area contributed by atoms with Crippen molar-refractivity contribution in [1.29, 1.82) is 0 Å². The molecule has 0 saturated heterocycles. The van der Waals surface area contributed by atoms with Gasteiger partial charge in [0.1, 0.15) is 0 Å². The maximum absolute atomic E-state index is 11.9. The van der Waals surface area contributed by atoms with Crippen molar-refractivity contribution < 1.29 is 4.79 Å². The molecule has 0 aliphatic carbocycles. The van der Waals surface area contributed by atoms with Gasteiger partial charge in [0.25, 0.3) is 5.91 Å². The van der Waals surface area contributed by atoms with Gasteiger partial charge in [-0.25, -0.2) is 0 Å². The lowest BCUT2D eigenvalue weighted by Crippen LogP contribution is -2.28. The molecule has 1 N–H and O–H groups in total. The van der Waals surface area contributed by atoms with E-state index in [1.807, 2.05) is 49.4 Å². The third-order valence-electron chi connectivity index (χ3n) is 2.56. The van der Waals surface area contributed by atoms with Crippen LogP contribution in [0.4, 0.5) is 0 Å². The standard InChI is InChI=1S/C14H14BrNO/c1-10(15)9-16-14(17)13-7-6-11-4-2-3-5-12(11)8-13/h2-8,10H,9H2,1H3,(H,16,17). The zero-order valence-corrected chi connectivity index (χ0v) is 11.2. The van der Waals surface area contributed by atoms with Crippen molar-refractivity contribution in [2.45, 2.75) is 11.8 Å². The van der Waals surface area contributed by atoms with Gasteiger partial charge in [-0.3, -0.25) is 4.79 Å². The first-order valence-electron chi connectivity index (χ1n) is 5.58. The highest BCUT2D eigenvalue weighted by molar-refractivity contribution is 9.09. The second kappa shape index (κ2) is 5.32. The molecular formula is C14H14BrNO. The summed E-state index contributed by atoms with van der Waals surface area (Å²) in [6.45, 7) is 2.63. The normalized spacial score (nSPS) is 12.4. The van der Waals surface area contributed by atoms with Crippen LogP contribution in [0.2, 0.25) is 0 Å². The van der Waals surface area contributed by atoms with Crippen LogP contribution >= 0.6 is 15.9 Å². The molecule has 2 aromatic rings. The molecule has 0 saturated carbocycles. The summed E-state index contributed by atoms with van der Waals surface area (Å²) >= 11 is 3.40. The number of benzene rings is 2. The summed E-state index contributed by atoms with van der Waals surface area (Å²) in [5.41, 5.74) is 0.705. The SMILES string of the molecule is CC(Br)CNC(=O)c1ccc2ccccc2c1. The van der Waals surface area contributed by atoms with Gasteiger partial charge < -0.3 is 5.32 Å². The van der Waals surface area contributed by atoms with Crippen LogP contribution in [0.3, 0.4) is 0 Å². The molecule has 1 atom stereocenters. The van der Waals surface area contributed by atoms with Crippen LogP contribution in [0.1, 0.15) is 17.3 Å². The van der Waals surface area contributed by atoms with Crippen molar-refractivity contribution in [3.8, 4) is 0 Å². The summed E-state index contributed by atoms with van der Waals surface area (Å²) in [6, 6.07) is 13.8. The van der Waals surface area contributed by atoms with Gasteiger partial charge in [-0.15, -0.1) is 0 Å². The molecule has 0 fully saturated rings. The predicted octanol–water partition coefficient (Wildman–Crippen LogP) is 3.35. The molecule has 0 aliphatic heterocycles. The minimum Gasteiger partial charge on any atom is -0.351 e. The number of amides is 1. The summed E-state index contributed by atoms with van der Waals surface area (Å²) in [7, 11) is 0. The molecule has 0 aromatic heterocycles. The summed E-state index contributed by atoms with van der Waals surface area (Å²) in [5, 5.41) is 5.12. The Hall–Kier alpha value is -1.35. The van der Waals surface area contributed by atoms with Gasteiger partial charge in [0.2, 0.25) is 0 Å². The van der Waals surface area contributed by atoms with Crippen LogP contribution in [0.25, 0.3) is 10.8 Å². The molecule has 17 heavy (non-hydrogen) atoms. The van der Waals surface area contributed by atoms with E-state index in [2.05, 4.69) is 21.2 Å². The Bertz CT molecular complexity index is 536. The summed E-state index contributed by atoms with van der Waals surface area (Å²) in [5.74, 6) is -0.0259. The zero-order chi connectivity index (χ0) is 12.3. The lowest BCUT2D eigenvalue weighted by Gasteiger charge is -2.07. The molecule has 0 radical (unpaired) electrons. The fourth-order valence-corrected chi connectivity index (χ4v) is 1.83. The number of hydrogen-bond acceptors (Lipinski definition) is 1. The van der Waals surface area contributed by atoms with E-state index >= 15 is 0 Å². The Balaban J connectivity index is 2.21. The van der Waals surface area contributed by atoms with Crippen molar-refractivity contribution in [1.82, 2.24) is 5.32 Å².